The fraction of sp³-hybridized carbons (Fsp3) is 0.259. The molecule has 5 rings (SSSR count). The van der Waals surface area contributed by atoms with Crippen molar-refractivity contribution in [2.75, 3.05) is 11.9 Å². The SMILES string of the molecule is CN(c1nc2ccc(C#Cc3ccc(-c4ccc(Cl)cc4)cn3)cc2[nH]1)C1CCCCC1. The maximum Gasteiger partial charge on any atom is 0.203 e. The molecule has 4 nitrogen and oxygen atoms in total. The molecule has 5 heteroatoms. The molecule has 4 aromatic rings. The molecule has 160 valence electrons. The number of aromatic nitrogens is 3. The summed E-state index contributed by atoms with van der Waals surface area (Å²) in [5.41, 5.74) is 5.79. The van der Waals surface area contributed by atoms with Crippen molar-refractivity contribution < 1.29 is 0 Å². The normalized spacial score (nSPS) is 14.2. The van der Waals surface area contributed by atoms with Gasteiger partial charge in [-0.25, -0.2) is 9.97 Å². The Bertz CT molecular complexity index is 1270. The highest BCUT2D eigenvalue weighted by atomic mass is 35.5. The van der Waals surface area contributed by atoms with E-state index in [9.17, 15) is 0 Å². The molecule has 0 bridgehead atoms. The first kappa shape index (κ1) is 20.6. The average Bonchev–Trinajstić information content (AvgIpc) is 3.27. The van der Waals surface area contributed by atoms with Gasteiger partial charge in [0, 0.05) is 35.4 Å². The lowest BCUT2D eigenvalue weighted by Gasteiger charge is -2.30. The number of aromatic amines is 1. The highest BCUT2D eigenvalue weighted by molar-refractivity contribution is 6.30. The summed E-state index contributed by atoms with van der Waals surface area (Å²) in [7, 11) is 2.15. The fourth-order valence-electron chi connectivity index (χ4n) is 4.30. The van der Waals surface area contributed by atoms with Crippen LogP contribution in [0, 0.1) is 11.8 Å². The van der Waals surface area contributed by atoms with Crippen LogP contribution in [0.5, 0.6) is 0 Å². The highest BCUT2D eigenvalue weighted by Crippen LogP contribution is 2.26. The van der Waals surface area contributed by atoms with Gasteiger partial charge >= 0.3 is 0 Å². The summed E-state index contributed by atoms with van der Waals surface area (Å²) in [6, 6.07) is 18.4. The average molecular weight is 441 g/mol. The number of nitrogens with one attached hydrogen (secondary N) is 1. The monoisotopic (exact) mass is 440 g/mol. The molecule has 0 saturated heterocycles. The van der Waals surface area contributed by atoms with Crippen molar-refractivity contribution in [3.63, 3.8) is 0 Å². The number of H-pyrrole nitrogens is 1. The van der Waals surface area contributed by atoms with Gasteiger partial charge in [-0.05, 0) is 60.7 Å². The highest BCUT2D eigenvalue weighted by Gasteiger charge is 2.20. The number of nitrogens with zero attached hydrogens (tertiary/aromatic N) is 3. The minimum absolute atomic E-state index is 0.575. The first-order chi connectivity index (χ1) is 15.7. The molecular weight excluding hydrogens is 416 g/mol. The van der Waals surface area contributed by atoms with E-state index in [-0.39, 0.29) is 0 Å². The molecule has 2 aromatic heterocycles. The van der Waals surface area contributed by atoms with E-state index in [0.717, 1.165) is 44.4 Å². The molecule has 0 spiro atoms. The van der Waals surface area contributed by atoms with Crippen molar-refractivity contribution in [3.05, 3.63) is 77.1 Å². The zero-order valence-corrected chi connectivity index (χ0v) is 18.9. The number of rotatable bonds is 3. The molecule has 32 heavy (non-hydrogen) atoms. The third-order valence-electron chi connectivity index (χ3n) is 6.20. The number of pyridine rings is 1. The van der Waals surface area contributed by atoms with Crippen molar-refractivity contribution in [2.24, 2.45) is 0 Å². The van der Waals surface area contributed by atoms with Gasteiger partial charge in [0.1, 0.15) is 5.69 Å². The Morgan fingerprint density at radius 2 is 1.72 bits per heavy atom. The number of halogens is 1. The summed E-state index contributed by atoms with van der Waals surface area (Å²) in [6.07, 6.45) is 8.31. The topological polar surface area (TPSA) is 44.8 Å². The van der Waals surface area contributed by atoms with Gasteiger partial charge < -0.3 is 9.88 Å². The molecule has 1 aliphatic carbocycles. The fourth-order valence-corrected chi connectivity index (χ4v) is 4.43. The molecule has 0 unspecified atom stereocenters. The largest absolute Gasteiger partial charge is 0.342 e. The van der Waals surface area contributed by atoms with Crippen LogP contribution in [-0.4, -0.2) is 28.0 Å². The van der Waals surface area contributed by atoms with Gasteiger partial charge in [0.25, 0.3) is 0 Å². The Hall–Kier alpha value is -3.29. The molecular formula is C27H25ClN4. The number of anilines is 1. The van der Waals surface area contributed by atoms with Gasteiger partial charge in [-0.1, -0.05) is 55.0 Å². The van der Waals surface area contributed by atoms with Gasteiger partial charge in [-0.3, -0.25) is 0 Å². The van der Waals surface area contributed by atoms with E-state index in [4.69, 9.17) is 16.6 Å². The Morgan fingerprint density at radius 3 is 2.47 bits per heavy atom. The van der Waals surface area contributed by atoms with Crippen molar-refractivity contribution in [3.8, 4) is 23.0 Å². The maximum absolute atomic E-state index is 5.97. The van der Waals surface area contributed by atoms with Crippen LogP contribution < -0.4 is 4.90 Å². The molecule has 0 amide bonds. The van der Waals surface area contributed by atoms with E-state index < -0.39 is 0 Å². The van der Waals surface area contributed by atoms with Crippen LogP contribution in [0.25, 0.3) is 22.2 Å². The van der Waals surface area contributed by atoms with Crippen molar-refractivity contribution in [1.29, 1.82) is 0 Å². The Kier molecular flexibility index (Phi) is 5.83. The van der Waals surface area contributed by atoms with E-state index in [1.54, 1.807) is 0 Å². The third-order valence-corrected chi connectivity index (χ3v) is 6.45. The maximum atomic E-state index is 5.97. The number of hydrogen-bond acceptors (Lipinski definition) is 3. The summed E-state index contributed by atoms with van der Waals surface area (Å²) >= 11 is 5.97. The first-order valence-electron chi connectivity index (χ1n) is 11.1. The van der Waals surface area contributed by atoms with Gasteiger partial charge in [0.2, 0.25) is 5.95 Å². The summed E-state index contributed by atoms with van der Waals surface area (Å²) in [6.45, 7) is 0. The predicted molar refractivity (Wildman–Crippen MR) is 132 cm³/mol. The van der Waals surface area contributed by atoms with Crippen LogP contribution in [0.3, 0.4) is 0 Å². The second-order valence-electron chi connectivity index (χ2n) is 8.38. The van der Waals surface area contributed by atoms with Crippen LogP contribution in [0.15, 0.2) is 60.8 Å². The van der Waals surface area contributed by atoms with E-state index in [1.165, 1.54) is 32.1 Å². The lowest BCUT2D eigenvalue weighted by molar-refractivity contribution is 0.425. The third kappa shape index (κ3) is 4.49. The molecule has 0 atom stereocenters. The molecule has 2 aromatic carbocycles. The zero-order valence-electron chi connectivity index (χ0n) is 18.1. The summed E-state index contributed by atoms with van der Waals surface area (Å²) < 4.78 is 0. The van der Waals surface area contributed by atoms with E-state index in [2.05, 4.69) is 39.8 Å². The van der Waals surface area contributed by atoms with Crippen molar-refractivity contribution in [2.45, 2.75) is 38.1 Å². The Labute approximate surface area is 193 Å². The van der Waals surface area contributed by atoms with Crippen LogP contribution in [0.4, 0.5) is 5.95 Å². The van der Waals surface area contributed by atoms with E-state index in [0.29, 0.717) is 6.04 Å². The van der Waals surface area contributed by atoms with Crippen molar-refractivity contribution >= 4 is 28.6 Å². The number of hydrogen-bond donors (Lipinski definition) is 1. The standard InChI is InChI=1S/C27H25ClN4/c1-32(24-5-3-2-4-6-24)27-30-25-16-8-19(17-26(25)31-27)7-14-23-15-11-21(18-29-23)20-9-12-22(28)13-10-20/h8-13,15-18,24H,2-6H2,1H3,(H,30,31). The van der Waals surface area contributed by atoms with Gasteiger partial charge in [0.05, 0.1) is 11.0 Å². The molecule has 1 fully saturated rings. The van der Waals surface area contributed by atoms with Gasteiger partial charge in [-0.2, -0.15) is 0 Å². The summed E-state index contributed by atoms with van der Waals surface area (Å²) in [5.74, 6) is 7.34. The Morgan fingerprint density at radius 1 is 0.938 bits per heavy atom. The van der Waals surface area contributed by atoms with Gasteiger partial charge in [0.15, 0.2) is 0 Å². The molecule has 1 aliphatic rings. The molecule has 2 heterocycles. The van der Waals surface area contributed by atoms with Crippen LogP contribution in [0.2, 0.25) is 5.02 Å². The lowest BCUT2D eigenvalue weighted by Crippen LogP contribution is -2.33. The number of imidazole rings is 1. The van der Waals surface area contributed by atoms with Gasteiger partial charge in [-0.15, -0.1) is 0 Å². The lowest BCUT2D eigenvalue weighted by atomic mass is 9.95. The summed E-state index contributed by atoms with van der Waals surface area (Å²) in [4.78, 5) is 15.1. The quantitative estimate of drug-likeness (QED) is 0.372. The van der Waals surface area contributed by atoms with E-state index >= 15 is 0 Å². The first-order valence-corrected chi connectivity index (χ1v) is 11.5. The minimum Gasteiger partial charge on any atom is -0.342 e. The minimum atomic E-state index is 0.575. The predicted octanol–water partition coefficient (Wildman–Crippen LogP) is 6.45. The Balaban J connectivity index is 1.33. The van der Waals surface area contributed by atoms with Crippen LogP contribution in [-0.2, 0) is 0 Å². The molecule has 1 saturated carbocycles. The second-order valence-corrected chi connectivity index (χ2v) is 8.82. The van der Waals surface area contributed by atoms with Crippen molar-refractivity contribution in [1.82, 2.24) is 15.0 Å². The molecule has 0 aliphatic heterocycles. The number of fused-ring (bicyclic) bond motifs is 1. The second kappa shape index (κ2) is 9.06. The smallest absolute Gasteiger partial charge is 0.203 e. The summed E-state index contributed by atoms with van der Waals surface area (Å²) in [5, 5.41) is 0.728. The van der Waals surface area contributed by atoms with Crippen LogP contribution in [0.1, 0.15) is 43.4 Å². The van der Waals surface area contributed by atoms with Crippen LogP contribution >= 0.6 is 11.6 Å². The number of benzene rings is 2. The molecule has 0 radical (unpaired) electrons. The molecule has 1 N–H and O–H groups in total. The zero-order chi connectivity index (χ0) is 21.9. The van der Waals surface area contributed by atoms with E-state index in [1.807, 2.05) is 54.7 Å².